The van der Waals surface area contributed by atoms with Gasteiger partial charge in [0.05, 0.1) is 18.7 Å². The fourth-order valence-electron chi connectivity index (χ4n) is 2.80. The van der Waals surface area contributed by atoms with Crippen LogP contribution in [0.1, 0.15) is 50.1 Å². The Bertz CT molecular complexity index is 896. The van der Waals surface area contributed by atoms with Crippen LogP contribution in [-0.2, 0) is 0 Å². The Hall–Kier alpha value is -2.89. The number of ether oxygens (including phenoxy) is 1. The van der Waals surface area contributed by atoms with E-state index in [1.165, 1.54) is 0 Å². The summed E-state index contributed by atoms with van der Waals surface area (Å²) in [6, 6.07) is 10.6. The summed E-state index contributed by atoms with van der Waals surface area (Å²) >= 11 is 0. The van der Waals surface area contributed by atoms with Crippen LogP contribution in [0.2, 0.25) is 0 Å². The lowest BCUT2D eigenvalue weighted by Gasteiger charge is -2.15. The zero-order valence-corrected chi connectivity index (χ0v) is 15.5. The summed E-state index contributed by atoms with van der Waals surface area (Å²) < 4.78 is 17.1. The lowest BCUT2D eigenvalue weighted by atomic mass is 10.2. The Morgan fingerprint density at radius 3 is 2.46 bits per heavy atom. The molecule has 3 aromatic rings. The number of fused-ring (bicyclic) bond motifs is 1. The quantitative estimate of drug-likeness (QED) is 0.661. The fourth-order valence-corrected chi connectivity index (χ4v) is 2.80. The van der Waals surface area contributed by atoms with E-state index in [1.807, 2.05) is 64.1 Å². The Morgan fingerprint density at radius 1 is 1.08 bits per heavy atom. The third kappa shape index (κ3) is 3.85. The number of furan rings is 2. The highest BCUT2D eigenvalue weighted by molar-refractivity contribution is 5.84. The maximum atomic E-state index is 12.3. The van der Waals surface area contributed by atoms with Gasteiger partial charge in [-0.2, -0.15) is 0 Å². The number of carbonyl (C=O) groups excluding carboxylic acids is 1. The van der Waals surface area contributed by atoms with Crippen molar-refractivity contribution >= 4 is 17.0 Å². The van der Waals surface area contributed by atoms with Crippen LogP contribution in [0, 0.1) is 6.92 Å². The molecular formula is C20H24N2O4. The van der Waals surface area contributed by atoms with Crippen molar-refractivity contribution in [2.45, 2.75) is 39.8 Å². The topological polar surface area (TPSA) is 76.6 Å². The number of nitrogens with one attached hydrogen (secondary N) is 2. The maximum absolute atomic E-state index is 12.3. The number of carbonyl (C=O) groups is 1. The number of rotatable bonds is 6. The monoisotopic (exact) mass is 356 g/mol. The molecule has 3 rings (SSSR count). The summed E-state index contributed by atoms with van der Waals surface area (Å²) in [5.41, 5.74) is 0.692. The molecule has 0 spiro atoms. The fraction of sp³-hybridized carbons (Fsp3) is 0.350. The van der Waals surface area contributed by atoms with Gasteiger partial charge in [0.25, 0.3) is 0 Å². The molecule has 0 saturated carbocycles. The van der Waals surface area contributed by atoms with Crippen molar-refractivity contribution in [1.82, 2.24) is 10.6 Å². The Balaban J connectivity index is 1.67. The third-order valence-electron chi connectivity index (χ3n) is 4.14. The molecule has 0 aliphatic rings. The van der Waals surface area contributed by atoms with Gasteiger partial charge < -0.3 is 24.2 Å². The summed E-state index contributed by atoms with van der Waals surface area (Å²) in [5, 5.41) is 6.70. The largest absolute Gasteiger partial charge is 0.490 e. The van der Waals surface area contributed by atoms with Gasteiger partial charge in [-0.15, -0.1) is 0 Å². The van der Waals surface area contributed by atoms with E-state index in [0.29, 0.717) is 23.7 Å². The van der Waals surface area contributed by atoms with Crippen molar-refractivity contribution in [2.24, 2.45) is 0 Å². The first kappa shape index (κ1) is 17.9. The van der Waals surface area contributed by atoms with Crippen molar-refractivity contribution in [1.29, 1.82) is 0 Å². The summed E-state index contributed by atoms with van der Waals surface area (Å²) in [6.45, 7) is 8.11. The minimum Gasteiger partial charge on any atom is -0.490 e. The number of hydrogen-bond acceptors (Lipinski definition) is 4. The first-order valence-corrected chi connectivity index (χ1v) is 8.76. The zero-order chi connectivity index (χ0) is 18.7. The highest BCUT2D eigenvalue weighted by Gasteiger charge is 2.18. The smallest absolute Gasteiger partial charge is 0.315 e. The van der Waals surface area contributed by atoms with Gasteiger partial charge in [0, 0.05) is 5.39 Å². The van der Waals surface area contributed by atoms with E-state index in [4.69, 9.17) is 13.6 Å². The molecule has 0 fully saturated rings. The molecule has 2 atom stereocenters. The number of benzene rings is 1. The van der Waals surface area contributed by atoms with Gasteiger partial charge in [-0.05, 0) is 52.0 Å². The highest BCUT2D eigenvalue weighted by atomic mass is 16.5. The van der Waals surface area contributed by atoms with Crippen molar-refractivity contribution < 1.29 is 18.4 Å². The van der Waals surface area contributed by atoms with E-state index in [0.717, 1.165) is 16.9 Å². The van der Waals surface area contributed by atoms with E-state index >= 15 is 0 Å². The molecule has 26 heavy (non-hydrogen) atoms. The van der Waals surface area contributed by atoms with Gasteiger partial charge in [0.2, 0.25) is 0 Å². The molecule has 0 aliphatic heterocycles. The highest BCUT2D eigenvalue weighted by Crippen LogP contribution is 2.31. The van der Waals surface area contributed by atoms with Crippen molar-refractivity contribution in [3.05, 3.63) is 53.7 Å². The van der Waals surface area contributed by atoms with Crippen LogP contribution in [0.15, 0.2) is 45.2 Å². The van der Waals surface area contributed by atoms with Crippen molar-refractivity contribution in [3.8, 4) is 5.75 Å². The molecule has 0 saturated heterocycles. The predicted octanol–water partition coefficient (Wildman–Crippen LogP) is 4.85. The number of para-hydroxylation sites is 1. The normalized spacial score (nSPS) is 13.4. The molecule has 6 nitrogen and oxygen atoms in total. The van der Waals surface area contributed by atoms with Crippen LogP contribution in [0.5, 0.6) is 5.75 Å². The minimum absolute atomic E-state index is 0.226. The molecule has 0 radical (unpaired) electrons. The van der Waals surface area contributed by atoms with Crippen LogP contribution < -0.4 is 15.4 Å². The lowest BCUT2D eigenvalue weighted by molar-refractivity contribution is 0.231. The van der Waals surface area contributed by atoms with Crippen LogP contribution in [-0.4, -0.2) is 12.6 Å². The minimum atomic E-state index is -0.289. The van der Waals surface area contributed by atoms with Gasteiger partial charge in [-0.1, -0.05) is 12.1 Å². The SMILES string of the molecule is CCOc1cccc2cc(C(C)NC(=O)NC(C)c3ccc(C)o3)oc12. The lowest BCUT2D eigenvalue weighted by Crippen LogP contribution is -2.38. The molecule has 0 bridgehead atoms. The molecule has 1 aromatic carbocycles. The molecule has 2 aromatic heterocycles. The molecule has 0 aliphatic carbocycles. The van der Waals surface area contributed by atoms with Gasteiger partial charge in [-0.25, -0.2) is 4.79 Å². The standard InChI is InChI=1S/C20H24N2O4/c1-5-24-17-8-6-7-15-11-18(26-19(15)17)14(4)22-20(23)21-13(3)16-10-9-12(2)25-16/h6-11,13-14H,5H2,1-4H3,(H2,21,22,23). The van der Waals surface area contributed by atoms with Crippen LogP contribution in [0.25, 0.3) is 11.0 Å². The second-order valence-electron chi connectivity index (χ2n) is 6.27. The van der Waals surface area contributed by atoms with E-state index in [-0.39, 0.29) is 18.1 Å². The summed E-state index contributed by atoms with van der Waals surface area (Å²) in [5.74, 6) is 2.91. The second-order valence-corrected chi connectivity index (χ2v) is 6.27. The summed E-state index contributed by atoms with van der Waals surface area (Å²) in [4.78, 5) is 12.3. The molecule has 2 N–H and O–H groups in total. The molecule has 2 unspecified atom stereocenters. The molecule has 6 heteroatoms. The third-order valence-corrected chi connectivity index (χ3v) is 4.14. The van der Waals surface area contributed by atoms with Crippen LogP contribution >= 0.6 is 0 Å². The number of urea groups is 1. The van der Waals surface area contributed by atoms with Gasteiger partial charge in [0.1, 0.15) is 17.3 Å². The van der Waals surface area contributed by atoms with Crippen LogP contribution in [0.4, 0.5) is 4.79 Å². The van der Waals surface area contributed by atoms with E-state index < -0.39 is 0 Å². The predicted molar refractivity (Wildman–Crippen MR) is 99.3 cm³/mol. The van der Waals surface area contributed by atoms with E-state index in [2.05, 4.69) is 10.6 Å². The molecule has 2 heterocycles. The second kappa shape index (κ2) is 7.56. The van der Waals surface area contributed by atoms with E-state index in [1.54, 1.807) is 0 Å². The summed E-state index contributed by atoms with van der Waals surface area (Å²) in [7, 11) is 0. The first-order chi connectivity index (χ1) is 12.5. The number of amides is 2. The zero-order valence-electron chi connectivity index (χ0n) is 15.5. The first-order valence-electron chi connectivity index (χ1n) is 8.76. The van der Waals surface area contributed by atoms with Gasteiger partial charge in [0.15, 0.2) is 11.3 Å². The maximum Gasteiger partial charge on any atom is 0.315 e. The Kier molecular flexibility index (Phi) is 5.21. The van der Waals surface area contributed by atoms with Crippen molar-refractivity contribution in [2.75, 3.05) is 6.61 Å². The Morgan fingerprint density at radius 2 is 1.81 bits per heavy atom. The van der Waals surface area contributed by atoms with E-state index in [9.17, 15) is 4.79 Å². The van der Waals surface area contributed by atoms with Crippen molar-refractivity contribution in [3.63, 3.8) is 0 Å². The molecule has 2 amide bonds. The number of hydrogen-bond donors (Lipinski definition) is 2. The summed E-state index contributed by atoms with van der Waals surface area (Å²) in [6.07, 6.45) is 0. The van der Waals surface area contributed by atoms with Gasteiger partial charge in [-0.3, -0.25) is 0 Å². The molecular weight excluding hydrogens is 332 g/mol. The average Bonchev–Trinajstić information content (AvgIpc) is 3.21. The number of aryl methyl sites for hydroxylation is 1. The van der Waals surface area contributed by atoms with Gasteiger partial charge >= 0.3 is 6.03 Å². The molecule has 138 valence electrons. The Labute approximate surface area is 152 Å². The average molecular weight is 356 g/mol. The van der Waals surface area contributed by atoms with Crippen LogP contribution in [0.3, 0.4) is 0 Å².